The Morgan fingerprint density at radius 2 is 2.27 bits per heavy atom. The number of rotatable bonds is 1. The van der Waals surface area contributed by atoms with Gasteiger partial charge in [0.1, 0.15) is 0 Å². The molecule has 2 unspecified atom stereocenters. The van der Waals surface area contributed by atoms with Crippen LogP contribution in [0, 0.1) is 5.92 Å². The first-order valence-electron chi connectivity index (χ1n) is 3.91. The maximum atomic E-state index is 9.83. The quantitative estimate of drug-likeness (QED) is 0.604. The Kier molecular flexibility index (Phi) is 2.05. The van der Waals surface area contributed by atoms with E-state index in [-0.39, 0.29) is 11.7 Å². The number of aliphatic hydroxyl groups is 2. The molecular weight excluding hydrogens is 140 g/mol. The zero-order chi connectivity index (χ0) is 8.48. The van der Waals surface area contributed by atoms with Gasteiger partial charge in [0.15, 0.2) is 0 Å². The van der Waals surface area contributed by atoms with Crippen molar-refractivity contribution in [2.45, 2.75) is 25.9 Å². The molecule has 0 aliphatic heterocycles. The van der Waals surface area contributed by atoms with Gasteiger partial charge in [-0.15, -0.1) is 0 Å². The zero-order valence-corrected chi connectivity index (χ0v) is 6.91. The Labute approximate surface area is 66.9 Å². The second kappa shape index (κ2) is 2.70. The molecule has 0 heterocycles. The van der Waals surface area contributed by atoms with Gasteiger partial charge in [0.2, 0.25) is 0 Å². The van der Waals surface area contributed by atoms with Crippen LogP contribution in [-0.2, 0) is 0 Å². The highest BCUT2D eigenvalue weighted by Gasteiger charge is 2.33. The van der Waals surface area contributed by atoms with Gasteiger partial charge in [-0.25, -0.2) is 0 Å². The zero-order valence-electron chi connectivity index (χ0n) is 6.91. The standard InChI is InChI=1S/C9H14O2/c1-3-9(11)6-4-5-8(10)7(9)2/h4-7,10-11H,3H2,1-2H3. The van der Waals surface area contributed by atoms with Crippen molar-refractivity contribution in [2.75, 3.05) is 0 Å². The topological polar surface area (TPSA) is 40.5 Å². The molecule has 2 heteroatoms. The van der Waals surface area contributed by atoms with Gasteiger partial charge in [-0.1, -0.05) is 26.0 Å². The molecule has 0 aromatic rings. The normalized spacial score (nSPS) is 37.0. The highest BCUT2D eigenvalue weighted by atomic mass is 16.3. The molecule has 0 fully saturated rings. The fourth-order valence-electron chi connectivity index (χ4n) is 1.28. The molecule has 2 nitrogen and oxygen atoms in total. The van der Waals surface area contributed by atoms with Crippen molar-refractivity contribution in [1.29, 1.82) is 0 Å². The first-order chi connectivity index (χ1) is 5.10. The second-order valence-electron chi connectivity index (χ2n) is 3.02. The highest BCUT2D eigenvalue weighted by molar-refractivity contribution is 5.23. The van der Waals surface area contributed by atoms with Crippen LogP contribution in [0.15, 0.2) is 24.0 Å². The first kappa shape index (κ1) is 8.34. The van der Waals surface area contributed by atoms with E-state index in [0.29, 0.717) is 6.42 Å². The van der Waals surface area contributed by atoms with E-state index in [1.165, 1.54) is 0 Å². The van der Waals surface area contributed by atoms with Crippen molar-refractivity contribution in [1.82, 2.24) is 0 Å². The molecule has 1 rings (SSSR count). The van der Waals surface area contributed by atoms with Crippen LogP contribution in [0.5, 0.6) is 0 Å². The molecular formula is C9H14O2. The molecule has 0 amide bonds. The molecule has 0 radical (unpaired) electrons. The lowest BCUT2D eigenvalue weighted by Crippen LogP contribution is -2.35. The fraction of sp³-hybridized carbons (Fsp3) is 0.556. The monoisotopic (exact) mass is 154 g/mol. The molecule has 0 saturated heterocycles. The number of aliphatic hydroxyl groups excluding tert-OH is 1. The molecule has 0 saturated carbocycles. The molecule has 0 aromatic heterocycles. The van der Waals surface area contributed by atoms with E-state index in [9.17, 15) is 10.2 Å². The summed E-state index contributed by atoms with van der Waals surface area (Å²) in [5.74, 6) is 0.0781. The van der Waals surface area contributed by atoms with Crippen LogP contribution in [0.1, 0.15) is 20.3 Å². The summed E-state index contributed by atoms with van der Waals surface area (Å²) in [5.41, 5.74) is -0.848. The first-order valence-corrected chi connectivity index (χ1v) is 3.91. The molecule has 2 atom stereocenters. The van der Waals surface area contributed by atoms with Gasteiger partial charge in [-0.05, 0) is 12.5 Å². The minimum absolute atomic E-state index is 0.183. The van der Waals surface area contributed by atoms with Crippen molar-refractivity contribution in [3.63, 3.8) is 0 Å². The summed E-state index contributed by atoms with van der Waals surface area (Å²) in [7, 11) is 0. The van der Waals surface area contributed by atoms with Crippen LogP contribution in [0.25, 0.3) is 0 Å². The van der Waals surface area contributed by atoms with Gasteiger partial charge >= 0.3 is 0 Å². The van der Waals surface area contributed by atoms with Crippen LogP contribution in [0.3, 0.4) is 0 Å². The minimum atomic E-state index is -0.848. The van der Waals surface area contributed by atoms with Crippen LogP contribution >= 0.6 is 0 Å². The van der Waals surface area contributed by atoms with Crippen molar-refractivity contribution in [2.24, 2.45) is 5.92 Å². The van der Waals surface area contributed by atoms with Crippen molar-refractivity contribution < 1.29 is 10.2 Å². The predicted octanol–water partition coefficient (Wildman–Crippen LogP) is 1.78. The summed E-state index contributed by atoms with van der Waals surface area (Å²) in [6, 6.07) is 0. The summed E-state index contributed by atoms with van der Waals surface area (Å²) in [6.07, 6.45) is 5.67. The second-order valence-corrected chi connectivity index (χ2v) is 3.02. The largest absolute Gasteiger partial charge is 0.512 e. The Balaban J connectivity index is 2.88. The van der Waals surface area contributed by atoms with Crippen LogP contribution in [0.2, 0.25) is 0 Å². The average molecular weight is 154 g/mol. The number of hydrogen-bond acceptors (Lipinski definition) is 2. The lowest BCUT2D eigenvalue weighted by molar-refractivity contribution is 0.0281. The Hall–Kier alpha value is -0.760. The van der Waals surface area contributed by atoms with Gasteiger partial charge in [0, 0.05) is 5.92 Å². The van der Waals surface area contributed by atoms with Crippen molar-refractivity contribution >= 4 is 0 Å². The van der Waals surface area contributed by atoms with Crippen molar-refractivity contribution in [3.05, 3.63) is 24.0 Å². The van der Waals surface area contributed by atoms with Gasteiger partial charge in [0.25, 0.3) is 0 Å². The molecule has 1 aliphatic rings. The summed E-state index contributed by atoms with van der Waals surface area (Å²) in [4.78, 5) is 0. The Bertz CT molecular complexity index is 206. The third-order valence-corrected chi connectivity index (χ3v) is 2.41. The van der Waals surface area contributed by atoms with E-state index in [0.717, 1.165) is 0 Å². The SMILES string of the molecule is CCC1(O)C=CC=C(O)C1C. The maximum Gasteiger partial charge on any atom is 0.0982 e. The third kappa shape index (κ3) is 1.31. The predicted molar refractivity (Wildman–Crippen MR) is 44.3 cm³/mol. The van der Waals surface area contributed by atoms with Crippen LogP contribution in [0.4, 0.5) is 0 Å². The van der Waals surface area contributed by atoms with E-state index >= 15 is 0 Å². The molecule has 62 valence electrons. The smallest absolute Gasteiger partial charge is 0.0982 e. The number of allylic oxidation sites excluding steroid dienone is 2. The Morgan fingerprint density at radius 3 is 2.73 bits per heavy atom. The van der Waals surface area contributed by atoms with Gasteiger partial charge in [0.05, 0.1) is 11.4 Å². The third-order valence-electron chi connectivity index (χ3n) is 2.41. The van der Waals surface area contributed by atoms with Gasteiger partial charge in [-0.3, -0.25) is 0 Å². The van der Waals surface area contributed by atoms with E-state index in [1.807, 2.05) is 13.8 Å². The van der Waals surface area contributed by atoms with E-state index in [2.05, 4.69) is 0 Å². The lowest BCUT2D eigenvalue weighted by atomic mass is 9.82. The summed E-state index contributed by atoms with van der Waals surface area (Å²) < 4.78 is 0. The lowest BCUT2D eigenvalue weighted by Gasteiger charge is -2.31. The minimum Gasteiger partial charge on any atom is -0.512 e. The molecule has 0 spiro atoms. The molecule has 0 bridgehead atoms. The molecule has 0 aromatic carbocycles. The van der Waals surface area contributed by atoms with E-state index in [4.69, 9.17) is 0 Å². The number of hydrogen-bond donors (Lipinski definition) is 2. The molecule has 2 N–H and O–H groups in total. The summed E-state index contributed by atoms with van der Waals surface area (Å²) in [6.45, 7) is 3.72. The van der Waals surface area contributed by atoms with Gasteiger partial charge < -0.3 is 10.2 Å². The van der Waals surface area contributed by atoms with Crippen LogP contribution in [-0.4, -0.2) is 15.8 Å². The van der Waals surface area contributed by atoms with E-state index in [1.54, 1.807) is 18.2 Å². The Morgan fingerprint density at radius 1 is 1.64 bits per heavy atom. The summed E-state index contributed by atoms with van der Waals surface area (Å²) >= 11 is 0. The van der Waals surface area contributed by atoms with Crippen molar-refractivity contribution in [3.8, 4) is 0 Å². The molecule has 11 heavy (non-hydrogen) atoms. The van der Waals surface area contributed by atoms with Gasteiger partial charge in [-0.2, -0.15) is 0 Å². The summed E-state index contributed by atoms with van der Waals surface area (Å²) in [5, 5.41) is 19.1. The maximum absolute atomic E-state index is 9.83. The average Bonchev–Trinajstić information content (AvgIpc) is 2.00. The van der Waals surface area contributed by atoms with E-state index < -0.39 is 5.60 Å². The molecule has 1 aliphatic carbocycles. The fourth-order valence-corrected chi connectivity index (χ4v) is 1.28. The van der Waals surface area contributed by atoms with Crippen LogP contribution < -0.4 is 0 Å². The highest BCUT2D eigenvalue weighted by Crippen LogP contribution is 2.30.